The van der Waals surface area contributed by atoms with E-state index in [2.05, 4.69) is 29.4 Å². The van der Waals surface area contributed by atoms with Crippen molar-refractivity contribution in [1.29, 1.82) is 0 Å². The monoisotopic (exact) mass is 186 g/mol. The van der Waals surface area contributed by atoms with E-state index in [9.17, 15) is 0 Å². The van der Waals surface area contributed by atoms with Crippen LogP contribution >= 0.6 is 0 Å². The van der Waals surface area contributed by atoms with Gasteiger partial charge in [-0.3, -0.25) is 4.98 Å². The second-order valence-electron chi connectivity index (χ2n) is 4.33. The summed E-state index contributed by atoms with van der Waals surface area (Å²) in [6, 6.07) is 2.94. The summed E-state index contributed by atoms with van der Waals surface area (Å²) in [6.07, 6.45) is 7.48. The van der Waals surface area contributed by atoms with Crippen molar-refractivity contribution in [2.24, 2.45) is 5.92 Å². The molecule has 2 heterocycles. The summed E-state index contributed by atoms with van der Waals surface area (Å²) >= 11 is 0. The van der Waals surface area contributed by atoms with Gasteiger partial charge in [-0.1, -0.05) is 6.08 Å². The Labute approximate surface area is 84.1 Å². The van der Waals surface area contributed by atoms with Crippen molar-refractivity contribution in [3.63, 3.8) is 0 Å². The molecule has 2 atom stereocenters. The lowest BCUT2D eigenvalue weighted by Gasteiger charge is -2.31. The Morgan fingerprint density at radius 3 is 2.93 bits per heavy atom. The van der Waals surface area contributed by atoms with E-state index < -0.39 is 0 Å². The maximum atomic E-state index is 4.24. The molecule has 0 amide bonds. The molecule has 72 valence electrons. The van der Waals surface area contributed by atoms with E-state index >= 15 is 0 Å². The average molecular weight is 186 g/mol. The fraction of sp³-hybridized carbons (Fsp3) is 0.417. The average Bonchev–Trinajstić information content (AvgIpc) is 2.43. The van der Waals surface area contributed by atoms with Crippen molar-refractivity contribution < 1.29 is 0 Å². The van der Waals surface area contributed by atoms with Crippen LogP contribution in [-0.2, 0) is 0 Å². The second-order valence-corrected chi connectivity index (χ2v) is 4.33. The van der Waals surface area contributed by atoms with Gasteiger partial charge in [0.1, 0.15) is 0 Å². The molecule has 0 aromatic carbocycles. The molecule has 14 heavy (non-hydrogen) atoms. The molecule has 2 nitrogen and oxygen atoms in total. The summed E-state index contributed by atoms with van der Waals surface area (Å²) in [5.41, 5.74) is 4.03. The van der Waals surface area contributed by atoms with Crippen molar-refractivity contribution >= 4 is 5.57 Å². The first-order valence-electron chi connectivity index (χ1n) is 5.19. The van der Waals surface area contributed by atoms with Crippen molar-refractivity contribution in [2.75, 3.05) is 6.54 Å². The molecule has 1 saturated heterocycles. The predicted molar refractivity (Wildman–Crippen MR) is 56.8 cm³/mol. The Bertz CT molecular complexity index is 395. The Morgan fingerprint density at radius 1 is 1.43 bits per heavy atom. The number of fused-ring (bicyclic) bond motifs is 1. The van der Waals surface area contributed by atoms with Crippen LogP contribution in [0.15, 0.2) is 24.5 Å². The molecule has 2 aliphatic rings. The standard InChI is InChI=1S/C12H14N2/c1-8-2-10(6-13-5-8)9-3-11-7-14-12(11)4-9/h2-3,5-6,11-12,14H,4,7H2,1H3/t11-,12-/m0/s1. The van der Waals surface area contributed by atoms with E-state index in [1.807, 2.05) is 12.4 Å². The van der Waals surface area contributed by atoms with Gasteiger partial charge in [-0.25, -0.2) is 0 Å². The van der Waals surface area contributed by atoms with Crippen molar-refractivity contribution in [3.05, 3.63) is 35.7 Å². The van der Waals surface area contributed by atoms with Crippen molar-refractivity contribution in [1.82, 2.24) is 10.3 Å². The zero-order chi connectivity index (χ0) is 9.54. The van der Waals surface area contributed by atoms with Gasteiger partial charge in [0.05, 0.1) is 0 Å². The molecule has 0 unspecified atom stereocenters. The highest BCUT2D eigenvalue weighted by molar-refractivity contribution is 5.69. The van der Waals surface area contributed by atoms with Crippen molar-refractivity contribution in [3.8, 4) is 0 Å². The highest BCUT2D eigenvalue weighted by Gasteiger charge is 2.34. The summed E-state index contributed by atoms with van der Waals surface area (Å²) in [5, 5.41) is 3.45. The molecule has 0 bridgehead atoms. The molecule has 0 saturated carbocycles. The second kappa shape index (κ2) is 2.92. The number of nitrogens with one attached hydrogen (secondary N) is 1. The summed E-state index contributed by atoms with van der Waals surface area (Å²) in [6.45, 7) is 3.26. The minimum atomic E-state index is 0.713. The van der Waals surface area contributed by atoms with E-state index in [4.69, 9.17) is 0 Å². The van der Waals surface area contributed by atoms with Crippen molar-refractivity contribution in [2.45, 2.75) is 19.4 Å². The normalized spacial score (nSPS) is 29.4. The lowest BCUT2D eigenvalue weighted by Crippen LogP contribution is -2.49. The van der Waals surface area contributed by atoms with Crippen LogP contribution in [0, 0.1) is 12.8 Å². The third-order valence-electron chi connectivity index (χ3n) is 3.23. The fourth-order valence-electron chi connectivity index (χ4n) is 2.33. The largest absolute Gasteiger partial charge is 0.312 e. The molecule has 1 aromatic heterocycles. The van der Waals surface area contributed by atoms with E-state index in [1.54, 1.807) is 0 Å². The Morgan fingerprint density at radius 2 is 2.36 bits per heavy atom. The predicted octanol–water partition coefficient (Wildman–Crippen LogP) is 1.77. The van der Waals surface area contributed by atoms with Crippen LogP contribution in [0.5, 0.6) is 0 Å². The van der Waals surface area contributed by atoms with Gasteiger partial charge in [0.15, 0.2) is 0 Å². The molecule has 1 fully saturated rings. The first-order chi connectivity index (χ1) is 6.83. The third-order valence-corrected chi connectivity index (χ3v) is 3.23. The minimum Gasteiger partial charge on any atom is -0.312 e. The molecule has 2 heteroatoms. The van der Waals surface area contributed by atoms with Gasteiger partial charge in [0.25, 0.3) is 0 Å². The third kappa shape index (κ3) is 1.18. The molecular formula is C12H14N2. The number of hydrogen-bond acceptors (Lipinski definition) is 2. The van der Waals surface area contributed by atoms with Crippen LogP contribution < -0.4 is 5.32 Å². The van der Waals surface area contributed by atoms with Gasteiger partial charge in [-0.15, -0.1) is 0 Å². The minimum absolute atomic E-state index is 0.713. The topological polar surface area (TPSA) is 24.9 Å². The number of pyridine rings is 1. The van der Waals surface area contributed by atoms with Gasteiger partial charge in [-0.2, -0.15) is 0 Å². The summed E-state index contributed by atoms with van der Waals surface area (Å²) < 4.78 is 0. The smallest absolute Gasteiger partial charge is 0.0343 e. The molecule has 1 aromatic rings. The Kier molecular flexibility index (Phi) is 1.71. The van der Waals surface area contributed by atoms with Gasteiger partial charge >= 0.3 is 0 Å². The fourth-order valence-corrected chi connectivity index (χ4v) is 2.33. The van der Waals surface area contributed by atoms with Crippen LogP contribution in [0.2, 0.25) is 0 Å². The number of hydrogen-bond donors (Lipinski definition) is 1. The lowest BCUT2D eigenvalue weighted by atomic mass is 9.95. The van der Waals surface area contributed by atoms with E-state index in [0.29, 0.717) is 6.04 Å². The van der Waals surface area contributed by atoms with E-state index in [-0.39, 0.29) is 0 Å². The molecule has 1 N–H and O–H groups in total. The van der Waals surface area contributed by atoms with Gasteiger partial charge in [0, 0.05) is 30.9 Å². The number of rotatable bonds is 1. The zero-order valence-corrected chi connectivity index (χ0v) is 8.33. The molecule has 1 aliphatic heterocycles. The van der Waals surface area contributed by atoms with Gasteiger partial charge < -0.3 is 5.32 Å². The van der Waals surface area contributed by atoms with Gasteiger partial charge in [-0.05, 0) is 36.1 Å². The molecule has 0 spiro atoms. The highest BCUT2D eigenvalue weighted by Crippen LogP contribution is 2.35. The van der Waals surface area contributed by atoms with Gasteiger partial charge in [0.2, 0.25) is 0 Å². The molecule has 1 aliphatic carbocycles. The lowest BCUT2D eigenvalue weighted by molar-refractivity contribution is 0.306. The maximum Gasteiger partial charge on any atom is 0.0343 e. The first-order valence-corrected chi connectivity index (χ1v) is 5.19. The SMILES string of the molecule is Cc1cncc(C2=C[C@H]3CN[C@H]3C2)c1. The summed E-state index contributed by atoms with van der Waals surface area (Å²) in [7, 11) is 0. The molecular weight excluding hydrogens is 172 g/mol. The van der Waals surface area contributed by atoms with E-state index in [1.165, 1.54) is 23.1 Å². The van der Waals surface area contributed by atoms with Crippen LogP contribution in [0.25, 0.3) is 5.57 Å². The van der Waals surface area contributed by atoms with E-state index in [0.717, 1.165) is 12.5 Å². The first kappa shape index (κ1) is 8.18. The Balaban J connectivity index is 1.92. The number of aryl methyl sites for hydroxylation is 1. The maximum absolute atomic E-state index is 4.24. The van der Waals surface area contributed by atoms with Crippen LogP contribution in [0.1, 0.15) is 17.5 Å². The number of aromatic nitrogens is 1. The van der Waals surface area contributed by atoms with Crippen LogP contribution in [0.4, 0.5) is 0 Å². The molecule has 3 rings (SSSR count). The summed E-state index contributed by atoms with van der Waals surface area (Å²) in [5.74, 6) is 0.783. The summed E-state index contributed by atoms with van der Waals surface area (Å²) in [4.78, 5) is 4.24. The van der Waals surface area contributed by atoms with Crippen LogP contribution in [0.3, 0.4) is 0 Å². The molecule has 0 radical (unpaired) electrons. The highest BCUT2D eigenvalue weighted by atomic mass is 15.0. The number of nitrogens with zero attached hydrogens (tertiary/aromatic N) is 1. The van der Waals surface area contributed by atoms with Crippen LogP contribution in [-0.4, -0.2) is 17.6 Å². The zero-order valence-electron chi connectivity index (χ0n) is 8.33. The Hall–Kier alpha value is -1.15. The quantitative estimate of drug-likeness (QED) is 0.723.